The second kappa shape index (κ2) is 17.9. The van der Waals surface area contributed by atoms with E-state index in [0.29, 0.717) is 22.9 Å². The van der Waals surface area contributed by atoms with Gasteiger partial charge in [-0.25, -0.2) is 0 Å². The van der Waals surface area contributed by atoms with Crippen molar-refractivity contribution >= 4 is 35.0 Å². The molecule has 49 heavy (non-hydrogen) atoms. The van der Waals surface area contributed by atoms with Crippen LogP contribution in [0, 0.1) is 0 Å². The van der Waals surface area contributed by atoms with Crippen molar-refractivity contribution in [3.63, 3.8) is 0 Å². The molecule has 4 rings (SSSR count). The van der Waals surface area contributed by atoms with Crippen LogP contribution >= 0.6 is 0 Å². The summed E-state index contributed by atoms with van der Waals surface area (Å²) in [4.78, 5) is 56.3. The largest absolute Gasteiger partial charge is 0.497 e. The summed E-state index contributed by atoms with van der Waals surface area (Å²) in [5.41, 5.74) is 3.05. The van der Waals surface area contributed by atoms with Gasteiger partial charge in [0.05, 0.1) is 14.2 Å². The number of amides is 4. The summed E-state index contributed by atoms with van der Waals surface area (Å²) >= 11 is 0. The average Bonchev–Trinajstić information content (AvgIpc) is 3.14. The van der Waals surface area contributed by atoms with E-state index in [1.165, 1.54) is 22.0 Å². The van der Waals surface area contributed by atoms with Crippen molar-refractivity contribution < 1.29 is 28.7 Å². The number of ether oxygens (including phenoxy) is 2. The van der Waals surface area contributed by atoms with Crippen molar-refractivity contribution in [1.82, 2.24) is 10.6 Å². The van der Waals surface area contributed by atoms with Gasteiger partial charge in [0, 0.05) is 44.7 Å². The third-order valence-corrected chi connectivity index (χ3v) is 7.97. The van der Waals surface area contributed by atoms with Crippen molar-refractivity contribution in [2.45, 2.75) is 31.3 Å². The van der Waals surface area contributed by atoms with Crippen molar-refractivity contribution in [3.05, 3.63) is 132 Å². The average molecular weight is 663 g/mol. The lowest BCUT2D eigenvalue weighted by Gasteiger charge is -2.25. The fourth-order valence-electron chi connectivity index (χ4n) is 5.18. The van der Waals surface area contributed by atoms with Crippen LogP contribution in [0.4, 0.5) is 11.4 Å². The predicted octanol–water partition coefficient (Wildman–Crippen LogP) is 4.73. The summed E-state index contributed by atoms with van der Waals surface area (Å²) in [6.45, 7) is 0. The molecule has 0 aliphatic heterocycles. The lowest BCUT2D eigenvalue weighted by Crippen LogP contribution is -2.49. The molecular weight excluding hydrogens is 620 g/mol. The second-order valence-corrected chi connectivity index (χ2v) is 11.4. The van der Waals surface area contributed by atoms with Crippen molar-refractivity contribution in [2.75, 3.05) is 38.1 Å². The molecule has 0 aliphatic rings. The summed E-state index contributed by atoms with van der Waals surface area (Å²) in [6, 6.07) is 31.2. The highest BCUT2D eigenvalue weighted by molar-refractivity contribution is 6.01. The Kier molecular flexibility index (Phi) is 13.1. The van der Waals surface area contributed by atoms with Gasteiger partial charge in [-0.1, -0.05) is 66.7 Å². The first-order chi connectivity index (χ1) is 23.7. The molecule has 0 aliphatic carbocycles. The SMILES string of the molecule is COc1ccc(N(C)C(=O)[C@H](Cc2ccccc2)NC(=O)/C=C/CC(=O)N[C@@H](Cc2ccccc2)C(=O)N(C)c2ccc(OC)cc2)cc1. The molecule has 0 heterocycles. The van der Waals surface area contributed by atoms with Gasteiger partial charge in [-0.05, 0) is 65.7 Å². The molecule has 4 aromatic carbocycles. The maximum absolute atomic E-state index is 13.6. The minimum Gasteiger partial charge on any atom is -0.497 e. The summed E-state index contributed by atoms with van der Waals surface area (Å²) in [5, 5.41) is 5.64. The van der Waals surface area contributed by atoms with E-state index in [9.17, 15) is 19.2 Å². The number of rotatable bonds is 15. The molecule has 0 spiro atoms. The predicted molar refractivity (Wildman–Crippen MR) is 191 cm³/mol. The molecular formula is C39H42N4O6. The number of carbonyl (C=O) groups is 4. The van der Waals surface area contributed by atoms with E-state index in [1.54, 1.807) is 76.8 Å². The van der Waals surface area contributed by atoms with E-state index >= 15 is 0 Å². The third kappa shape index (κ3) is 10.6. The van der Waals surface area contributed by atoms with Gasteiger partial charge >= 0.3 is 0 Å². The van der Waals surface area contributed by atoms with Gasteiger partial charge in [0.2, 0.25) is 23.6 Å². The Bertz CT molecular complexity index is 1710. The summed E-state index contributed by atoms with van der Waals surface area (Å²) in [7, 11) is 6.43. The summed E-state index contributed by atoms with van der Waals surface area (Å²) < 4.78 is 10.4. The zero-order chi connectivity index (χ0) is 35.2. The number of likely N-dealkylation sites (N-methyl/N-ethyl adjacent to an activating group) is 2. The molecule has 0 aromatic heterocycles. The fraction of sp³-hybridized carbons (Fsp3) is 0.231. The first-order valence-electron chi connectivity index (χ1n) is 15.9. The molecule has 0 unspecified atom stereocenters. The number of hydrogen-bond acceptors (Lipinski definition) is 6. The van der Waals surface area contributed by atoms with Crippen LogP contribution in [0.25, 0.3) is 0 Å². The molecule has 2 atom stereocenters. The quantitative estimate of drug-likeness (QED) is 0.178. The minimum absolute atomic E-state index is 0.151. The standard InChI is InChI=1S/C39H42N4O6/c1-42(30-18-22-32(48-3)23-19-30)38(46)34(26-28-12-7-5-8-13-28)40-36(44)16-11-17-37(45)41-35(27-29-14-9-6-10-15-29)39(47)43(2)31-20-24-33(49-4)25-21-31/h5-16,18-25,34-35H,17,26-27H2,1-4H3,(H,40,44)(H,41,45)/b16-11+/t34-,35-/m0/s1. The number of benzene rings is 4. The van der Waals surface area contributed by atoms with E-state index in [-0.39, 0.29) is 31.1 Å². The van der Waals surface area contributed by atoms with Crippen LogP contribution in [-0.4, -0.2) is 64.0 Å². The number of nitrogens with zero attached hydrogens (tertiary/aromatic N) is 2. The molecule has 10 heteroatoms. The normalized spacial score (nSPS) is 12.0. The first kappa shape index (κ1) is 35.9. The van der Waals surface area contributed by atoms with Crippen LogP contribution in [0.15, 0.2) is 121 Å². The van der Waals surface area contributed by atoms with E-state index < -0.39 is 23.9 Å². The molecule has 0 saturated heterocycles. The molecule has 0 bridgehead atoms. The lowest BCUT2D eigenvalue weighted by molar-refractivity contribution is -0.127. The third-order valence-electron chi connectivity index (χ3n) is 7.97. The van der Waals surface area contributed by atoms with E-state index in [0.717, 1.165) is 11.1 Å². The van der Waals surface area contributed by atoms with Crippen molar-refractivity contribution in [3.8, 4) is 11.5 Å². The monoisotopic (exact) mass is 662 g/mol. The van der Waals surface area contributed by atoms with Crippen molar-refractivity contribution in [1.29, 1.82) is 0 Å². The molecule has 0 fully saturated rings. The van der Waals surface area contributed by atoms with Gasteiger partial charge in [0.25, 0.3) is 0 Å². The number of hydrogen-bond donors (Lipinski definition) is 2. The summed E-state index contributed by atoms with van der Waals surface area (Å²) in [5.74, 6) is -0.245. The maximum Gasteiger partial charge on any atom is 0.249 e. The first-order valence-corrected chi connectivity index (χ1v) is 15.9. The van der Waals surface area contributed by atoms with Gasteiger partial charge in [-0.15, -0.1) is 0 Å². The van der Waals surface area contributed by atoms with Gasteiger partial charge in [0.1, 0.15) is 23.6 Å². The molecule has 10 nitrogen and oxygen atoms in total. The van der Waals surface area contributed by atoms with Gasteiger partial charge < -0.3 is 29.9 Å². The second-order valence-electron chi connectivity index (χ2n) is 11.4. The van der Waals surface area contributed by atoms with Crippen LogP contribution in [0.1, 0.15) is 17.5 Å². The number of carbonyl (C=O) groups excluding carboxylic acids is 4. The van der Waals surface area contributed by atoms with E-state index in [2.05, 4.69) is 10.6 Å². The van der Waals surface area contributed by atoms with Crippen LogP contribution < -0.4 is 29.9 Å². The molecule has 0 radical (unpaired) electrons. The zero-order valence-electron chi connectivity index (χ0n) is 28.2. The molecule has 4 amide bonds. The Balaban J connectivity index is 1.42. The molecule has 4 aromatic rings. The maximum atomic E-state index is 13.6. The highest BCUT2D eigenvalue weighted by atomic mass is 16.5. The number of methoxy groups -OCH3 is 2. The van der Waals surface area contributed by atoms with Crippen LogP contribution in [0.3, 0.4) is 0 Å². The number of anilines is 2. The highest BCUT2D eigenvalue weighted by Gasteiger charge is 2.26. The number of nitrogens with one attached hydrogen (secondary N) is 2. The van der Waals surface area contributed by atoms with E-state index in [4.69, 9.17) is 9.47 Å². The smallest absolute Gasteiger partial charge is 0.249 e. The Labute approximate surface area is 287 Å². The Morgan fingerprint density at radius 3 is 1.43 bits per heavy atom. The lowest BCUT2D eigenvalue weighted by atomic mass is 10.0. The van der Waals surface area contributed by atoms with Crippen LogP contribution in [-0.2, 0) is 32.0 Å². The van der Waals surface area contributed by atoms with Crippen molar-refractivity contribution in [2.24, 2.45) is 0 Å². The minimum atomic E-state index is -0.873. The van der Waals surface area contributed by atoms with Crippen LogP contribution in [0.5, 0.6) is 11.5 Å². The molecule has 0 saturated carbocycles. The summed E-state index contributed by atoms with van der Waals surface area (Å²) in [6.07, 6.45) is 3.04. The molecule has 254 valence electrons. The van der Waals surface area contributed by atoms with E-state index in [1.807, 2.05) is 60.7 Å². The van der Waals surface area contributed by atoms with Gasteiger partial charge in [-0.3, -0.25) is 19.2 Å². The topological polar surface area (TPSA) is 117 Å². The molecule has 2 N–H and O–H groups in total. The van der Waals surface area contributed by atoms with Gasteiger partial charge in [-0.2, -0.15) is 0 Å². The fourth-order valence-corrected chi connectivity index (χ4v) is 5.18. The Hall–Kier alpha value is -5.90. The Morgan fingerprint density at radius 1 is 0.612 bits per heavy atom. The van der Waals surface area contributed by atoms with Crippen LogP contribution in [0.2, 0.25) is 0 Å². The zero-order valence-corrected chi connectivity index (χ0v) is 28.2. The highest BCUT2D eigenvalue weighted by Crippen LogP contribution is 2.21. The Morgan fingerprint density at radius 2 is 1.02 bits per heavy atom. The van der Waals surface area contributed by atoms with Gasteiger partial charge in [0.15, 0.2) is 0 Å².